The molecule has 21 heavy (non-hydrogen) atoms. The van der Waals surface area contributed by atoms with Crippen molar-refractivity contribution in [2.24, 2.45) is 11.3 Å². The first kappa shape index (κ1) is 13.0. The standard InChI is InChI=1S/C15H18N4OS/c1-15(2,3)8-4-5-9-10(6-8)21-13-11(9)12-17-18-14(20)19(12)7-16-13/h7-8H,4-6H2,1-3H3,(H,18,20)/t8-/m1/s1. The van der Waals surface area contributed by atoms with Crippen molar-refractivity contribution in [3.63, 3.8) is 0 Å². The molecule has 3 aromatic heterocycles. The quantitative estimate of drug-likeness (QED) is 0.694. The molecule has 0 aliphatic heterocycles. The Labute approximate surface area is 126 Å². The van der Waals surface area contributed by atoms with Gasteiger partial charge in [-0.3, -0.25) is 0 Å². The van der Waals surface area contributed by atoms with Crippen molar-refractivity contribution in [1.29, 1.82) is 0 Å². The molecule has 1 atom stereocenters. The van der Waals surface area contributed by atoms with Crippen molar-refractivity contribution in [2.75, 3.05) is 0 Å². The molecule has 0 unspecified atom stereocenters. The third kappa shape index (κ3) is 1.85. The van der Waals surface area contributed by atoms with E-state index in [4.69, 9.17) is 0 Å². The van der Waals surface area contributed by atoms with E-state index in [1.807, 2.05) is 0 Å². The second kappa shape index (κ2) is 4.16. The second-order valence-corrected chi connectivity index (χ2v) is 8.04. The molecule has 3 aromatic rings. The minimum absolute atomic E-state index is 0.220. The summed E-state index contributed by atoms with van der Waals surface area (Å²) in [5, 5.41) is 7.78. The molecule has 3 heterocycles. The molecule has 0 radical (unpaired) electrons. The summed E-state index contributed by atoms with van der Waals surface area (Å²) < 4.78 is 1.51. The number of aromatic amines is 1. The van der Waals surface area contributed by atoms with Gasteiger partial charge in [0, 0.05) is 4.88 Å². The fourth-order valence-corrected chi connectivity index (χ4v) is 4.59. The van der Waals surface area contributed by atoms with E-state index < -0.39 is 0 Å². The number of H-pyrrole nitrogens is 1. The second-order valence-electron chi connectivity index (χ2n) is 6.96. The van der Waals surface area contributed by atoms with Gasteiger partial charge in [0.05, 0.1) is 5.39 Å². The number of nitrogens with zero attached hydrogens (tertiary/aromatic N) is 3. The Morgan fingerprint density at radius 3 is 3.00 bits per heavy atom. The van der Waals surface area contributed by atoms with E-state index in [1.165, 1.54) is 21.3 Å². The predicted molar refractivity (Wildman–Crippen MR) is 84.0 cm³/mol. The van der Waals surface area contributed by atoms with Crippen LogP contribution in [0.5, 0.6) is 0 Å². The Bertz CT molecular complexity index is 896. The molecule has 110 valence electrons. The van der Waals surface area contributed by atoms with Gasteiger partial charge >= 0.3 is 5.69 Å². The lowest BCUT2D eigenvalue weighted by Crippen LogP contribution is -2.26. The van der Waals surface area contributed by atoms with Crippen LogP contribution in [-0.2, 0) is 12.8 Å². The average molecular weight is 302 g/mol. The first-order chi connectivity index (χ1) is 9.95. The lowest BCUT2D eigenvalue weighted by molar-refractivity contribution is 0.218. The van der Waals surface area contributed by atoms with Crippen LogP contribution in [0.1, 0.15) is 37.6 Å². The van der Waals surface area contributed by atoms with Crippen LogP contribution in [0.2, 0.25) is 0 Å². The van der Waals surface area contributed by atoms with Gasteiger partial charge in [0.2, 0.25) is 0 Å². The molecule has 6 heteroatoms. The largest absolute Gasteiger partial charge is 0.348 e. The van der Waals surface area contributed by atoms with Crippen molar-refractivity contribution in [3.8, 4) is 0 Å². The molecule has 1 N–H and O–H groups in total. The number of rotatable bonds is 0. The van der Waals surface area contributed by atoms with Gasteiger partial charge < -0.3 is 0 Å². The smallest absolute Gasteiger partial charge is 0.246 e. The molecular formula is C15H18N4OS. The van der Waals surface area contributed by atoms with Crippen LogP contribution >= 0.6 is 11.3 Å². The van der Waals surface area contributed by atoms with Gasteiger partial charge in [0.1, 0.15) is 11.2 Å². The summed E-state index contributed by atoms with van der Waals surface area (Å²) in [6.45, 7) is 6.96. The highest BCUT2D eigenvalue weighted by Gasteiger charge is 2.31. The first-order valence-electron chi connectivity index (χ1n) is 7.31. The summed E-state index contributed by atoms with van der Waals surface area (Å²) >= 11 is 1.76. The highest BCUT2D eigenvalue weighted by Crippen LogP contribution is 2.43. The zero-order valence-corrected chi connectivity index (χ0v) is 13.3. The van der Waals surface area contributed by atoms with E-state index in [9.17, 15) is 4.79 Å². The Morgan fingerprint density at radius 1 is 1.43 bits per heavy atom. The molecular weight excluding hydrogens is 284 g/mol. The van der Waals surface area contributed by atoms with E-state index in [1.54, 1.807) is 17.7 Å². The van der Waals surface area contributed by atoms with E-state index in [2.05, 4.69) is 36.0 Å². The molecule has 4 rings (SSSR count). The monoisotopic (exact) mass is 302 g/mol. The Hall–Kier alpha value is -1.69. The van der Waals surface area contributed by atoms with Gasteiger partial charge in [-0.2, -0.15) is 5.10 Å². The average Bonchev–Trinajstić information content (AvgIpc) is 2.97. The van der Waals surface area contributed by atoms with Crippen LogP contribution in [-0.4, -0.2) is 19.6 Å². The van der Waals surface area contributed by atoms with Gasteiger partial charge in [0.25, 0.3) is 0 Å². The zero-order valence-electron chi connectivity index (χ0n) is 12.4. The van der Waals surface area contributed by atoms with Gasteiger partial charge in [-0.1, -0.05) is 20.8 Å². The molecule has 5 nitrogen and oxygen atoms in total. The summed E-state index contributed by atoms with van der Waals surface area (Å²) in [5.41, 5.74) is 2.19. The van der Waals surface area contributed by atoms with E-state index >= 15 is 0 Å². The first-order valence-corrected chi connectivity index (χ1v) is 8.13. The van der Waals surface area contributed by atoms with Crippen LogP contribution in [0.4, 0.5) is 0 Å². The summed E-state index contributed by atoms with van der Waals surface area (Å²) in [6.07, 6.45) is 4.94. The lowest BCUT2D eigenvalue weighted by atomic mass is 9.72. The predicted octanol–water partition coefficient (Wildman–Crippen LogP) is 2.78. The fourth-order valence-electron chi connectivity index (χ4n) is 3.33. The van der Waals surface area contributed by atoms with Crippen molar-refractivity contribution in [1.82, 2.24) is 19.6 Å². The molecule has 0 amide bonds. The number of hydrogen-bond acceptors (Lipinski definition) is 4. The topological polar surface area (TPSA) is 63.1 Å². The SMILES string of the molecule is CC(C)(C)[C@@H]1CCc2c(sc3ncn4c(=O)[nH]nc4c23)C1. The minimum Gasteiger partial charge on any atom is -0.246 e. The molecule has 1 aliphatic carbocycles. The van der Waals surface area contributed by atoms with Gasteiger partial charge in [-0.15, -0.1) is 11.3 Å². The Morgan fingerprint density at radius 2 is 2.24 bits per heavy atom. The molecule has 0 spiro atoms. The normalized spacial score (nSPS) is 19.3. The Balaban J connectivity index is 1.94. The molecule has 0 bridgehead atoms. The molecule has 0 saturated heterocycles. The molecule has 0 fully saturated rings. The molecule has 1 aliphatic rings. The van der Waals surface area contributed by atoms with Gasteiger partial charge in [-0.05, 0) is 36.2 Å². The van der Waals surface area contributed by atoms with Gasteiger partial charge in [0.15, 0.2) is 5.65 Å². The summed E-state index contributed by atoms with van der Waals surface area (Å²) in [4.78, 5) is 18.6. The van der Waals surface area contributed by atoms with Crippen LogP contribution in [0.3, 0.4) is 0 Å². The zero-order chi connectivity index (χ0) is 14.8. The maximum atomic E-state index is 11.7. The Kier molecular flexibility index (Phi) is 2.58. The fraction of sp³-hybridized carbons (Fsp3) is 0.533. The third-order valence-corrected chi connectivity index (χ3v) is 5.85. The van der Waals surface area contributed by atoms with Crippen molar-refractivity contribution >= 4 is 27.2 Å². The maximum absolute atomic E-state index is 11.7. The van der Waals surface area contributed by atoms with E-state index in [0.29, 0.717) is 11.3 Å². The number of thiophene rings is 1. The van der Waals surface area contributed by atoms with E-state index in [-0.39, 0.29) is 5.69 Å². The van der Waals surface area contributed by atoms with Crippen LogP contribution in [0, 0.1) is 11.3 Å². The number of aromatic nitrogens is 4. The summed E-state index contributed by atoms with van der Waals surface area (Å²) in [6, 6.07) is 0. The van der Waals surface area contributed by atoms with Gasteiger partial charge in [-0.25, -0.2) is 19.3 Å². The number of hydrogen-bond donors (Lipinski definition) is 1. The minimum atomic E-state index is -0.220. The van der Waals surface area contributed by atoms with Crippen LogP contribution in [0.25, 0.3) is 15.9 Å². The third-order valence-electron chi connectivity index (χ3n) is 4.69. The number of aryl methyl sites for hydroxylation is 1. The van der Waals surface area contributed by atoms with Crippen molar-refractivity contribution in [2.45, 2.75) is 40.0 Å². The number of fused-ring (bicyclic) bond motifs is 5. The summed E-state index contributed by atoms with van der Waals surface area (Å²) in [5.74, 6) is 0.704. The summed E-state index contributed by atoms with van der Waals surface area (Å²) in [7, 11) is 0. The van der Waals surface area contributed by atoms with E-state index in [0.717, 1.165) is 28.7 Å². The van der Waals surface area contributed by atoms with Crippen LogP contribution < -0.4 is 5.69 Å². The number of nitrogens with one attached hydrogen (secondary N) is 1. The lowest BCUT2D eigenvalue weighted by Gasteiger charge is -2.33. The maximum Gasteiger partial charge on any atom is 0.348 e. The molecule has 0 aromatic carbocycles. The van der Waals surface area contributed by atoms with Crippen molar-refractivity contribution in [3.05, 3.63) is 27.3 Å². The highest BCUT2D eigenvalue weighted by atomic mass is 32.1. The molecule has 0 saturated carbocycles. The highest BCUT2D eigenvalue weighted by molar-refractivity contribution is 7.19. The van der Waals surface area contributed by atoms with Crippen molar-refractivity contribution < 1.29 is 0 Å². The van der Waals surface area contributed by atoms with Crippen LogP contribution in [0.15, 0.2) is 11.1 Å².